The van der Waals surface area contributed by atoms with Crippen LogP contribution in [0.5, 0.6) is 0 Å². The molecule has 0 saturated carbocycles. The van der Waals surface area contributed by atoms with E-state index in [-0.39, 0.29) is 5.70 Å². The Morgan fingerprint density at radius 1 is 1.08 bits per heavy atom. The smallest absolute Gasteiger partial charge is 0.264 e. The van der Waals surface area contributed by atoms with Crippen LogP contribution in [-0.4, -0.2) is 5.91 Å². The number of unbranched alkanes of at least 4 members (excludes halogenated alkanes) is 2. The van der Waals surface area contributed by atoms with Gasteiger partial charge in [0.15, 0.2) is 0 Å². The van der Waals surface area contributed by atoms with E-state index < -0.39 is 5.91 Å². The van der Waals surface area contributed by atoms with Crippen LogP contribution in [0.25, 0.3) is 0 Å². The molecule has 0 rings (SSSR count). The monoisotopic (exact) mass is 186 g/mol. The molecule has 0 aromatic rings. The Morgan fingerprint density at radius 2 is 1.54 bits per heavy atom. The number of allylic oxidation sites excluding steroid dienone is 1. The number of hydrogen-bond acceptors (Lipinski definition) is 2. The zero-order chi connectivity index (χ0) is 10.7. The van der Waals surface area contributed by atoms with Crippen molar-refractivity contribution in [1.29, 1.82) is 0 Å². The molecule has 3 nitrogen and oxygen atoms in total. The summed E-state index contributed by atoms with van der Waals surface area (Å²) in [5, 5.41) is 0. The Kier molecular flexibility index (Phi) is 12.3. The Balaban J connectivity index is 0. The van der Waals surface area contributed by atoms with Crippen molar-refractivity contribution in [2.24, 2.45) is 11.5 Å². The van der Waals surface area contributed by atoms with Crippen molar-refractivity contribution in [2.75, 3.05) is 0 Å². The fourth-order valence-electron chi connectivity index (χ4n) is 0.400. The molecule has 0 saturated heterocycles. The summed E-state index contributed by atoms with van der Waals surface area (Å²) in [5.41, 5.74) is 10.2. The fraction of sp³-hybridized carbons (Fsp3) is 0.700. The van der Waals surface area contributed by atoms with Gasteiger partial charge in [0.1, 0.15) is 0 Å². The highest BCUT2D eigenvalue weighted by Crippen LogP contribution is 1.90. The molecule has 0 aliphatic heterocycles. The van der Waals surface area contributed by atoms with E-state index in [1.807, 2.05) is 6.92 Å². The molecule has 0 radical (unpaired) electrons. The Bertz CT molecular complexity index is 151. The molecular formula is C10H22N2O. The van der Waals surface area contributed by atoms with Gasteiger partial charge in [-0.15, -0.1) is 0 Å². The van der Waals surface area contributed by atoms with Crippen LogP contribution in [0.3, 0.4) is 0 Å². The zero-order valence-corrected chi connectivity index (χ0v) is 8.97. The Labute approximate surface area is 81.2 Å². The van der Waals surface area contributed by atoms with Gasteiger partial charge in [-0.25, -0.2) is 0 Å². The van der Waals surface area contributed by atoms with Crippen molar-refractivity contribution in [3.8, 4) is 0 Å². The molecule has 3 heteroatoms. The van der Waals surface area contributed by atoms with Crippen molar-refractivity contribution < 1.29 is 4.79 Å². The van der Waals surface area contributed by atoms with Crippen LogP contribution in [0, 0.1) is 0 Å². The minimum absolute atomic E-state index is 0.164. The molecule has 0 atom stereocenters. The first-order chi connectivity index (χ1) is 6.09. The lowest BCUT2D eigenvalue weighted by Gasteiger charge is -1.91. The highest BCUT2D eigenvalue weighted by atomic mass is 16.1. The molecule has 0 spiro atoms. The number of carbonyl (C=O) groups is 1. The Hall–Kier alpha value is -0.990. The fourth-order valence-corrected chi connectivity index (χ4v) is 0.400. The van der Waals surface area contributed by atoms with Gasteiger partial charge in [0, 0.05) is 0 Å². The lowest BCUT2D eigenvalue weighted by atomic mass is 10.3. The van der Waals surface area contributed by atoms with Gasteiger partial charge in [-0.05, 0) is 6.42 Å². The van der Waals surface area contributed by atoms with E-state index in [0.717, 1.165) is 12.8 Å². The molecule has 0 aromatic heterocycles. The van der Waals surface area contributed by atoms with E-state index >= 15 is 0 Å². The molecule has 0 heterocycles. The van der Waals surface area contributed by atoms with E-state index in [0.29, 0.717) is 0 Å². The van der Waals surface area contributed by atoms with Crippen LogP contribution in [-0.2, 0) is 4.79 Å². The van der Waals surface area contributed by atoms with Gasteiger partial charge < -0.3 is 11.5 Å². The number of nitrogens with two attached hydrogens (primary N) is 2. The maximum absolute atomic E-state index is 10.2. The summed E-state index contributed by atoms with van der Waals surface area (Å²) in [5.74, 6) is -0.538. The molecule has 0 bridgehead atoms. The molecule has 78 valence electrons. The minimum atomic E-state index is -0.538. The van der Waals surface area contributed by atoms with Crippen molar-refractivity contribution in [3.05, 3.63) is 11.8 Å². The predicted molar refractivity (Wildman–Crippen MR) is 57.0 cm³/mol. The largest absolute Gasteiger partial charge is 0.395 e. The number of hydrogen-bond donors (Lipinski definition) is 2. The maximum atomic E-state index is 10.2. The van der Waals surface area contributed by atoms with Gasteiger partial charge in [0.2, 0.25) is 0 Å². The molecule has 13 heavy (non-hydrogen) atoms. The SMILES string of the molecule is CCC/C=C(\N)C(N)=O.CCCC. The number of primary amides is 1. The first kappa shape index (κ1) is 14.5. The lowest BCUT2D eigenvalue weighted by molar-refractivity contribution is -0.114. The topological polar surface area (TPSA) is 69.1 Å². The predicted octanol–water partition coefficient (Wildman–Crippen LogP) is 1.92. The third kappa shape index (κ3) is 13.9. The van der Waals surface area contributed by atoms with Gasteiger partial charge in [-0.1, -0.05) is 46.1 Å². The number of amides is 1. The number of rotatable bonds is 4. The summed E-state index contributed by atoms with van der Waals surface area (Å²) in [7, 11) is 0. The van der Waals surface area contributed by atoms with Crippen molar-refractivity contribution in [1.82, 2.24) is 0 Å². The number of carbonyl (C=O) groups excluding carboxylic acids is 1. The van der Waals surface area contributed by atoms with Crippen LogP contribution in [0.15, 0.2) is 11.8 Å². The summed E-state index contributed by atoms with van der Waals surface area (Å²) in [6.45, 7) is 6.37. The first-order valence-electron chi connectivity index (χ1n) is 4.85. The molecule has 4 N–H and O–H groups in total. The van der Waals surface area contributed by atoms with Gasteiger partial charge in [0.25, 0.3) is 5.91 Å². The molecule has 0 aromatic carbocycles. The van der Waals surface area contributed by atoms with Crippen LogP contribution >= 0.6 is 0 Å². The van der Waals surface area contributed by atoms with Gasteiger partial charge >= 0.3 is 0 Å². The third-order valence-electron chi connectivity index (χ3n) is 1.44. The molecule has 0 fully saturated rings. The highest BCUT2D eigenvalue weighted by molar-refractivity contribution is 5.90. The summed E-state index contributed by atoms with van der Waals surface area (Å²) in [4.78, 5) is 10.2. The molecule has 0 aliphatic carbocycles. The minimum Gasteiger partial charge on any atom is -0.395 e. The van der Waals surface area contributed by atoms with E-state index in [1.165, 1.54) is 12.8 Å². The summed E-state index contributed by atoms with van der Waals surface area (Å²) in [6, 6.07) is 0. The average Bonchev–Trinajstić information content (AvgIpc) is 2.14. The average molecular weight is 186 g/mol. The second-order valence-electron chi connectivity index (χ2n) is 2.81. The van der Waals surface area contributed by atoms with E-state index in [1.54, 1.807) is 6.08 Å². The van der Waals surface area contributed by atoms with Gasteiger partial charge in [0.05, 0.1) is 5.70 Å². The lowest BCUT2D eigenvalue weighted by Crippen LogP contribution is -2.19. The van der Waals surface area contributed by atoms with E-state index in [4.69, 9.17) is 11.5 Å². The third-order valence-corrected chi connectivity index (χ3v) is 1.44. The molecular weight excluding hydrogens is 164 g/mol. The first-order valence-corrected chi connectivity index (χ1v) is 4.85. The van der Waals surface area contributed by atoms with E-state index in [9.17, 15) is 4.79 Å². The maximum Gasteiger partial charge on any atom is 0.264 e. The molecule has 0 unspecified atom stereocenters. The highest BCUT2D eigenvalue weighted by Gasteiger charge is 1.94. The summed E-state index contributed by atoms with van der Waals surface area (Å²) < 4.78 is 0. The van der Waals surface area contributed by atoms with Gasteiger partial charge in [-0.2, -0.15) is 0 Å². The van der Waals surface area contributed by atoms with Crippen LogP contribution in [0.1, 0.15) is 46.5 Å². The van der Waals surface area contributed by atoms with Crippen LogP contribution in [0.2, 0.25) is 0 Å². The second kappa shape index (κ2) is 11.0. The Morgan fingerprint density at radius 3 is 1.77 bits per heavy atom. The summed E-state index contributed by atoms with van der Waals surface area (Å²) >= 11 is 0. The quantitative estimate of drug-likeness (QED) is 0.658. The normalized spacial score (nSPS) is 10.2. The zero-order valence-electron chi connectivity index (χ0n) is 8.97. The van der Waals surface area contributed by atoms with E-state index in [2.05, 4.69) is 13.8 Å². The second-order valence-corrected chi connectivity index (χ2v) is 2.81. The van der Waals surface area contributed by atoms with Crippen LogP contribution < -0.4 is 11.5 Å². The van der Waals surface area contributed by atoms with Crippen LogP contribution in [0.4, 0.5) is 0 Å². The van der Waals surface area contributed by atoms with Crippen molar-refractivity contribution in [2.45, 2.75) is 46.5 Å². The van der Waals surface area contributed by atoms with Gasteiger partial charge in [-0.3, -0.25) is 4.79 Å². The summed E-state index contributed by atoms with van der Waals surface area (Å²) in [6.07, 6.45) is 6.07. The van der Waals surface area contributed by atoms with Crippen molar-refractivity contribution >= 4 is 5.91 Å². The molecule has 0 aliphatic rings. The van der Waals surface area contributed by atoms with Crippen molar-refractivity contribution in [3.63, 3.8) is 0 Å². The standard InChI is InChI=1S/C6H12N2O.C4H10/c1-2-3-4-5(7)6(8)9;1-3-4-2/h4H,2-3,7H2,1H3,(H2,8,9);3-4H2,1-2H3/b5-4-;. The molecule has 1 amide bonds.